The molecule has 0 aromatic heterocycles. The molecule has 76 valence electrons. The average molecular weight is 182 g/mol. The first-order chi connectivity index (χ1) is 6.02. The molecule has 0 aromatic carbocycles. The Morgan fingerprint density at radius 2 is 1.77 bits per heavy atom. The van der Waals surface area contributed by atoms with E-state index < -0.39 is 0 Å². The molecule has 0 amide bonds. The van der Waals surface area contributed by atoms with Gasteiger partial charge in [-0.25, -0.2) is 0 Å². The van der Waals surface area contributed by atoms with Gasteiger partial charge in [-0.2, -0.15) is 0 Å². The Morgan fingerprint density at radius 1 is 1.15 bits per heavy atom. The van der Waals surface area contributed by atoms with Gasteiger partial charge in [0.25, 0.3) is 0 Å². The van der Waals surface area contributed by atoms with Crippen LogP contribution in [0.15, 0.2) is 0 Å². The van der Waals surface area contributed by atoms with Gasteiger partial charge in [-0.15, -0.1) is 0 Å². The molecular formula is C12H22O. The minimum absolute atomic E-state index is 0.232. The van der Waals surface area contributed by atoms with Gasteiger partial charge < -0.3 is 0 Å². The van der Waals surface area contributed by atoms with E-state index in [2.05, 4.69) is 13.8 Å². The van der Waals surface area contributed by atoms with Crippen molar-refractivity contribution in [3.8, 4) is 0 Å². The molecule has 2 atom stereocenters. The van der Waals surface area contributed by atoms with Crippen molar-refractivity contribution in [1.82, 2.24) is 0 Å². The van der Waals surface area contributed by atoms with Crippen molar-refractivity contribution in [3.05, 3.63) is 0 Å². The molecule has 0 aromatic rings. The van der Waals surface area contributed by atoms with Crippen molar-refractivity contribution in [1.29, 1.82) is 0 Å². The lowest BCUT2D eigenvalue weighted by atomic mass is 9.90. The molecule has 0 N–H and O–H groups in total. The zero-order chi connectivity index (χ0) is 10.0. The molecule has 1 saturated carbocycles. The second-order valence-electron chi connectivity index (χ2n) is 5.07. The number of hydrogen-bond donors (Lipinski definition) is 0. The summed E-state index contributed by atoms with van der Waals surface area (Å²) in [5.74, 6) is 2.66. The van der Waals surface area contributed by atoms with E-state index in [0.29, 0.717) is 11.7 Å². The van der Waals surface area contributed by atoms with Crippen LogP contribution >= 0.6 is 0 Å². The molecule has 1 heteroatoms. The Hall–Kier alpha value is -0.330. The van der Waals surface area contributed by atoms with Crippen molar-refractivity contribution < 1.29 is 4.79 Å². The maximum absolute atomic E-state index is 11.7. The molecule has 0 saturated heterocycles. The van der Waals surface area contributed by atoms with Gasteiger partial charge in [-0.3, -0.25) is 4.79 Å². The van der Waals surface area contributed by atoms with Crippen LogP contribution in [0.25, 0.3) is 0 Å². The first-order valence-electron chi connectivity index (χ1n) is 5.56. The molecule has 0 heterocycles. The van der Waals surface area contributed by atoms with Crippen molar-refractivity contribution in [2.24, 2.45) is 23.7 Å². The number of ketones is 1. The summed E-state index contributed by atoms with van der Waals surface area (Å²) in [6, 6.07) is 0. The first-order valence-corrected chi connectivity index (χ1v) is 5.56. The van der Waals surface area contributed by atoms with E-state index in [-0.39, 0.29) is 5.92 Å². The Labute approximate surface area is 81.9 Å². The number of rotatable bonds is 3. The minimum atomic E-state index is 0.232. The third-order valence-electron chi connectivity index (χ3n) is 3.39. The van der Waals surface area contributed by atoms with E-state index >= 15 is 0 Å². The smallest absolute Gasteiger partial charge is 0.138 e. The minimum Gasteiger partial charge on any atom is -0.299 e. The predicted octanol–water partition coefficient (Wildman–Crippen LogP) is 3.28. The van der Waals surface area contributed by atoms with Crippen molar-refractivity contribution in [3.63, 3.8) is 0 Å². The quantitative estimate of drug-likeness (QED) is 0.654. The lowest BCUT2D eigenvalue weighted by Gasteiger charge is -2.15. The highest BCUT2D eigenvalue weighted by molar-refractivity contribution is 5.83. The van der Waals surface area contributed by atoms with Crippen LogP contribution in [0.1, 0.15) is 47.0 Å². The summed E-state index contributed by atoms with van der Waals surface area (Å²) < 4.78 is 0. The molecule has 2 unspecified atom stereocenters. The van der Waals surface area contributed by atoms with Crippen LogP contribution in [0.4, 0.5) is 0 Å². The molecule has 1 aliphatic carbocycles. The van der Waals surface area contributed by atoms with Crippen LogP contribution in [0.5, 0.6) is 0 Å². The zero-order valence-corrected chi connectivity index (χ0v) is 9.34. The molecule has 0 radical (unpaired) electrons. The molecule has 1 fully saturated rings. The van der Waals surface area contributed by atoms with Crippen molar-refractivity contribution in [2.75, 3.05) is 0 Å². The van der Waals surface area contributed by atoms with Crippen LogP contribution < -0.4 is 0 Å². The van der Waals surface area contributed by atoms with Crippen LogP contribution in [0.2, 0.25) is 0 Å². The summed E-state index contributed by atoms with van der Waals surface area (Å²) in [4.78, 5) is 11.7. The summed E-state index contributed by atoms with van der Waals surface area (Å²) in [5, 5.41) is 0. The maximum atomic E-state index is 11.7. The normalized spacial score (nSPS) is 28.8. The second kappa shape index (κ2) is 4.26. The predicted molar refractivity (Wildman–Crippen MR) is 55.5 cm³/mol. The Kier molecular flexibility index (Phi) is 3.52. The van der Waals surface area contributed by atoms with E-state index in [0.717, 1.165) is 24.7 Å². The number of hydrogen-bond acceptors (Lipinski definition) is 1. The highest BCUT2D eigenvalue weighted by Gasteiger charge is 2.31. The fourth-order valence-electron chi connectivity index (χ4n) is 2.35. The van der Waals surface area contributed by atoms with Crippen molar-refractivity contribution in [2.45, 2.75) is 47.0 Å². The summed E-state index contributed by atoms with van der Waals surface area (Å²) in [6.07, 6.45) is 3.55. The zero-order valence-electron chi connectivity index (χ0n) is 9.34. The molecule has 13 heavy (non-hydrogen) atoms. The van der Waals surface area contributed by atoms with Gasteiger partial charge in [0.15, 0.2) is 0 Å². The van der Waals surface area contributed by atoms with Gasteiger partial charge >= 0.3 is 0 Å². The molecule has 0 spiro atoms. The SMILES string of the molecule is CC(C)C(=O)C1CCC(C(C)C)C1. The summed E-state index contributed by atoms with van der Waals surface area (Å²) >= 11 is 0. The van der Waals surface area contributed by atoms with Gasteiger partial charge in [0.05, 0.1) is 0 Å². The van der Waals surface area contributed by atoms with Gasteiger partial charge in [-0.05, 0) is 31.1 Å². The van der Waals surface area contributed by atoms with E-state index in [9.17, 15) is 4.79 Å². The van der Waals surface area contributed by atoms with Gasteiger partial charge in [0.2, 0.25) is 0 Å². The lowest BCUT2D eigenvalue weighted by molar-refractivity contribution is -0.125. The maximum Gasteiger partial charge on any atom is 0.138 e. The van der Waals surface area contributed by atoms with Gasteiger partial charge in [0.1, 0.15) is 5.78 Å². The molecule has 1 rings (SSSR count). The second-order valence-corrected chi connectivity index (χ2v) is 5.07. The molecule has 1 aliphatic rings. The summed E-state index contributed by atoms with van der Waals surface area (Å²) in [6.45, 7) is 8.58. The standard InChI is InChI=1S/C12H22O/c1-8(2)10-5-6-11(7-10)12(13)9(3)4/h8-11H,5-7H2,1-4H3. The monoisotopic (exact) mass is 182 g/mol. The first kappa shape index (κ1) is 10.7. The summed E-state index contributed by atoms with van der Waals surface area (Å²) in [5.41, 5.74) is 0. The molecule has 0 bridgehead atoms. The fraction of sp³-hybridized carbons (Fsp3) is 0.917. The van der Waals surface area contributed by atoms with E-state index in [1.165, 1.54) is 6.42 Å². The third-order valence-corrected chi connectivity index (χ3v) is 3.39. The topological polar surface area (TPSA) is 17.1 Å². The molecule has 1 nitrogen and oxygen atoms in total. The third kappa shape index (κ3) is 2.55. The highest BCUT2D eigenvalue weighted by atomic mass is 16.1. The van der Waals surface area contributed by atoms with Crippen LogP contribution in [0.3, 0.4) is 0 Å². The van der Waals surface area contributed by atoms with Crippen LogP contribution in [0, 0.1) is 23.7 Å². The Balaban J connectivity index is 2.45. The van der Waals surface area contributed by atoms with E-state index in [1.807, 2.05) is 13.8 Å². The largest absolute Gasteiger partial charge is 0.299 e. The van der Waals surface area contributed by atoms with E-state index in [1.54, 1.807) is 0 Å². The molecule has 0 aliphatic heterocycles. The number of carbonyl (C=O) groups excluding carboxylic acids is 1. The summed E-state index contributed by atoms with van der Waals surface area (Å²) in [7, 11) is 0. The fourth-order valence-corrected chi connectivity index (χ4v) is 2.35. The average Bonchev–Trinajstić information content (AvgIpc) is 2.50. The molecular weight excluding hydrogens is 160 g/mol. The highest BCUT2D eigenvalue weighted by Crippen LogP contribution is 2.37. The van der Waals surface area contributed by atoms with Crippen LogP contribution in [-0.2, 0) is 4.79 Å². The Morgan fingerprint density at radius 3 is 2.15 bits per heavy atom. The van der Waals surface area contributed by atoms with E-state index in [4.69, 9.17) is 0 Å². The van der Waals surface area contributed by atoms with Gasteiger partial charge in [-0.1, -0.05) is 27.7 Å². The Bertz CT molecular complexity index is 182. The van der Waals surface area contributed by atoms with Gasteiger partial charge in [0, 0.05) is 11.8 Å². The van der Waals surface area contributed by atoms with Crippen molar-refractivity contribution >= 4 is 5.78 Å². The lowest BCUT2D eigenvalue weighted by Crippen LogP contribution is -2.17. The number of Topliss-reactive ketones (excluding diaryl/α,β-unsaturated/α-hetero) is 1. The van der Waals surface area contributed by atoms with Crippen LogP contribution in [-0.4, -0.2) is 5.78 Å². The number of carbonyl (C=O) groups is 1.